The normalized spacial score (nSPS) is 12.3. The monoisotopic (exact) mass is 360 g/mol. The standard InChI is InChI=1S/C14H11BrCl2O2/c1-19-13-7-9(3-5-12(13)17)14(18)8-2-4-11(16)10(15)6-8/h2-7,14,18H,1H3. The third-order valence-electron chi connectivity index (χ3n) is 2.75. The molecule has 0 saturated heterocycles. The van der Waals surface area contributed by atoms with Crippen LogP contribution in [0.4, 0.5) is 0 Å². The number of benzene rings is 2. The minimum absolute atomic E-state index is 0.510. The first-order valence-corrected chi connectivity index (χ1v) is 7.04. The Balaban J connectivity index is 2.37. The minimum Gasteiger partial charge on any atom is -0.495 e. The number of rotatable bonds is 3. The van der Waals surface area contributed by atoms with Crippen molar-refractivity contribution in [3.05, 3.63) is 62.0 Å². The fraction of sp³-hybridized carbons (Fsp3) is 0.143. The Morgan fingerprint density at radius 1 is 1.05 bits per heavy atom. The maximum atomic E-state index is 10.4. The van der Waals surface area contributed by atoms with E-state index in [1.165, 1.54) is 7.11 Å². The molecule has 0 spiro atoms. The van der Waals surface area contributed by atoms with Gasteiger partial charge in [-0.05, 0) is 51.3 Å². The van der Waals surface area contributed by atoms with Crippen molar-refractivity contribution in [3.8, 4) is 5.75 Å². The van der Waals surface area contributed by atoms with Crippen molar-refractivity contribution >= 4 is 39.1 Å². The largest absolute Gasteiger partial charge is 0.495 e. The molecule has 0 aromatic heterocycles. The van der Waals surface area contributed by atoms with E-state index in [0.29, 0.717) is 21.4 Å². The van der Waals surface area contributed by atoms with Crippen LogP contribution < -0.4 is 4.74 Å². The quantitative estimate of drug-likeness (QED) is 0.846. The van der Waals surface area contributed by atoms with E-state index < -0.39 is 6.10 Å². The molecule has 2 nitrogen and oxygen atoms in total. The summed E-state index contributed by atoms with van der Waals surface area (Å²) in [4.78, 5) is 0. The Morgan fingerprint density at radius 3 is 2.21 bits per heavy atom. The van der Waals surface area contributed by atoms with Gasteiger partial charge in [-0.25, -0.2) is 0 Å². The lowest BCUT2D eigenvalue weighted by molar-refractivity contribution is 0.219. The molecule has 0 aliphatic heterocycles. The summed E-state index contributed by atoms with van der Waals surface area (Å²) in [6.45, 7) is 0. The van der Waals surface area contributed by atoms with Crippen LogP contribution in [0.25, 0.3) is 0 Å². The van der Waals surface area contributed by atoms with E-state index in [-0.39, 0.29) is 0 Å². The summed E-state index contributed by atoms with van der Waals surface area (Å²) < 4.78 is 5.88. The van der Waals surface area contributed by atoms with Crippen molar-refractivity contribution in [2.24, 2.45) is 0 Å². The Kier molecular flexibility index (Phi) is 4.74. The van der Waals surface area contributed by atoms with E-state index in [1.54, 1.807) is 36.4 Å². The van der Waals surface area contributed by atoms with Crippen LogP contribution >= 0.6 is 39.1 Å². The molecule has 2 aromatic carbocycles. The lowest BCUT2D eigenvalue weighted by Gasteiger charge is -2.14. The van der Waals surface area contributed by atoms with Crippen LogP contribution in [0, 0.1) is 0 Å². The van der Waals surface area contributed by atoms with Crippen LogP contribution in [0.2, 0.25) is 10.0 Å². The number of hydrogen-bond donors (Lipinski definition) is 1. The maximum absolute atomic E-state index is 10.4. The summed E-state index contributed by atoms with van der Waals surface area (Å²) in [5, 5.41) is 11.5. The lowest BCUT2D eigenvalue weighted by Crippen LogP contribution is -2.00. The summed E-state index contributed by atoms with van der Waals surface area (Å²) in [6, 6.07) is 10.5. The molecule has 1 N–H and O–H groups in total. The summed E-state index contributed by atoms with van der Waals surface area (Å²) in [6.07, 6.45) is -0.764. The highest BCUT2D eigenvalue weighted by atomic mass is 79.9. The van der Waals surface area contributed by atoms with Crippen LogP contribution in [0.15, 0.2) is 40.9 Å². The van der Waals surface area contributed by atoms with Gasteiger partial charge in [0, 0.05) is 4.47 Å². The Morgan fingerprint density at radius 2 is 1.63 bits per heavy atom. The van der Waals surface area contributed by atoms with Gasteiger partial charge in [0.15, 0.2) is 0 Å². The molecule has 0 bridgehead atoms. The predicted octanol–water partition coefficient (Wildman–Crippen LogP) is 4.85. The molecular weight excluding hydrogens is 351 g/mol. The first-order chi connectivity index (χ1) is 9.02. The second kappa shape index (κ2) is 6.14. The van der Waals surface area contributed by atoms with E-state index in [9.17, 15) is 5.11 Å². The molecular formula is C14H11BrCl2O2. The number of hydrogen-bond acceptors (Lipinski definition) is 2. The molecule has 1 atom stereocenters. The van der Waals surface area contributed by atoms with Gasteiger partial charge in [-0.2, -0.15) is 0 Å². The van der Waals surface area contributed by atoms with Crippen molar-refractivity contribution in [2.75, 3.05) is 7.11 Å². The van der Waals surface area contributed by atoms with Gasteiger partial charge in [0.05, 0.1) is 17.2 Å². The lowest BCUT2D eigenvalue weighted by atomic mass is 10.0. The zero-order valence-electron chi connectivity index (χ0n) is 10.0. The topological polar surface area (TPSA) is 29.5 Å². The van der Waals surface area contributed by atoms with Crippen molar-refractivity contribution in [1.82, 2.24) is 0 Å². The Hall–Kier alpha value is -0.740. The molecule has 2 rings (SSSR count). The molecule has 5 heteroatoms. The van der Waals surface area contributed by atoms with Gasteiger partial charge in [-0.3, -0.25) is 0 Å². The van der Waals surface area contributed by atoms with Crippen LogP contribution in [0.3, 0.4) is 0 Å². The number of ether oxygens (including phenoxy) is 1. The predicted molar refractivity (Wildman–Crippen MR) is 81.2 cm³/mol. The number of methoxy groups -OCH3 is 1. The van der Waals surface area contributed by atoms with Crippen LogP contribution in [-0.2, 0) is 0 Å². The van der Waals surface area contributed by atoms with E-state index in [4.69, 9.17) is 27.9 Å². The maximum Gasteiger partial charge on any atom is 0.137 e. The SMILES string of the molecule is COc1cc(C(O)c2ccc(Cl)c(Br)c2)ccc1Cl. The molecule has 2 aromatic rings. The molecule has 19 heavy (non-hydrogen) atoms. The van der Waals surface area contributed by atoms with Crippen molar-refractivity contribution in [3.63, 3.8) is 0 Å². The summed E-state index contributed by atoms with van der Waals surface area (Å²) >= 11 is 15.2. The van der Waals surface area contributed by atoms with Crippen molar-refractivity contribution in [2.45, 2.75) is 6.10 Å². The Bertz CT molecular complexity index is 602. The van der Waals surface area contributed by atoms with Gasteiger partial charge < -0.3 is 9.84 Å². The molecule has 0 amide bonds. The Labute approximate surface area is 130 Å². The van der Waals surface area contributed by atoms with Gasteiger partial charge >= 0.3 is 0 Å². The number of aliphatic hydroxyl groups is 1. The fourth-order valence-corrected chi connectivity index (χ4v) is 2.43. The highest BCUT2D eigenvalue weighted by Crippen LogP contribution is 2.32. The molecule has 0 heterocycles. The third-order valence-corrected chi connectivity index (χ3v) is 4.28. The minimum atomic E-state index is -0.764. The van der Waals surface area contributed by atoms with Crippen LogP contribution in [0.1, 0.15) is 17.2 Å². The first kappa shape index (κ1) is 14.7. The van der Waals surface area contributed by atoms with E-state index >= 15 is 0 Å². The summed E-state index contributed by atoms with van der Waals surface area (Å²) in [7, 11) is 1.54. The van der Waals surface area contributed by atoms with E-state index in [0.717, 1.165) is 10.0 Å². The van der Waals surface area contributed by atoms with Crippen molar-refractivity contribution < 1.29 is 9.84 Å². The molecule has 0 saturated carbocycles. The average Bonchev–Trinajstić information content (AvgIpc) is 2.41. The summed E-state index contributed by atoms with van der Waals surface area (Å²) in [5.41, 5.74) is 1.44. The van der Waals surface area contributed by atoms with Gasteiger partial charge in [0.1, 0.15) is 11.9 Å². The van der Waals surface area contributed by atoms with Gasteiger partial charge in [0.2, 0.25) is 0 Å². The molecule has 0 aliphatic rings. The number of halogens is 3. The smallest absolute Gasteiger partial charge is 0.137 e. The molecule has 100 valence electrons. The van der Waals surface area contributed by atoms with E-state index in [2.05, 4.69) is 15.9 Å². The second-order valence-corrected chi connectivity index (χ2v) is 5.64. The molecule has 0 radical (unpaired) electrons. The first-order valence-electron chi connectivity index (χ1n) is 5.49. The van der Waals surface area contributed by atoms with Gasteiger partial charge in [0.25, 0.3) is 0 Å². The zero-order valence-corrected chi connectivity index (χ0v) is 13.1. The van der Waals surface area contributed by atoms with Gasteiger partial charge in [-0.15, -0.1) is 0 Å². The molecule has 0 fully saturated rings. The van der Waals surface area contributed by atoms with Gasteiger partial charge in [-0.1, -0.05) is 35.3 Å². The van der Waals surface area contributed by atoms with Crippen LogP contribution in [-0.4, -0.2) is 12.2 Å². The summed E-state index contributed by atoms with van der Waals surface area (Å²) in [5.74, 6) is 0.534. The third kappa shape index (κ3) is 3.23. The van der Waals surface area contributed by atoms with Crippen LogP contribution in [0.5, 0.6) is 5.75 Å². The fourth-order valence-electron chi connectivity index (χ4n) is 1.72. The van der Waals surface area contributed by atoms with E-state index in [1.807, 2.05) is 0 Å². The molecule has 0 aliphatic carbocycles. The highest BCUT2D eigenvalue weighted by Gasteiger charge is 2.14. The average molecular weight is 362 g/mol. The zero-order chi connectivity index (χ0) is 14.0. The molecule has 1 unspecified atom stereocenters. The highest BCUT2D eigenvalue weighted by molar-refractivity contribution is 9.10. The second-order valence-electron chi connectivity index (χ2n) is 3.97. The number of aliphatic hydroxyl groups excluding tert-OH is 1. The van der Waals surface area contributed by atoms with Crippen molar-refractivity contribution in [1.29, 1.82) is 0 Å².